The first kappa shape index (κ1) is 20.0. The number of rotatable bonds is 6. The van der Waals surface area contributed by atoms with Gasteiger partial charge in [0.15, 0.2) is 0 Å². The molecule has 1 saturated heterocycles. The standard InChI is InChI=1S/C16H18Cl2N4O4/c1-3-19-12(23)7-20-13(24)8-22-14(25)16(2,21-15(22)26)10-5-4-9(17)6-11(10)18/h4-6H,3,7-8H2,1-2H3,(H,19,23)(H,20,24)(H,21,26)/t16-/m1/s1. The number of likely N-dealkylation sites (N-methyl/N-ethyl adjacent to an activating group) is 1. The molecular weight excluding hydrogens is 383 g/mol. The Labute approximate surface area is 160 Å². The minimum Gasteiger partial charge on any atom is -0.355 e. The summed E-state index contributed by atoms with van der Waals surface area (Å²) < 4.78 is 0. The number of benzene rings is 1. The maximum atomic E-state index is 12.7. The van der Waals surface area contributed by atoms with Crippen molar-refractivity contribution < 1.29 is 19.2 Å². The third-order valence-corrected chi connectivity index (χ3v) is 4.41. The van der Waals surface area contributed by atoms with E-state index in [9.17, 15) is 19.2 Å². The summed E-state index contributed by atoms with van der Waals surface area (Å²) in [5.74, 6) is -1.62. The number of carbonyl (C=O) groups excluding carboxylic acids is 4. The van der Waals surface area contributed by atoms with Crippen LogP contribution >= 0.6 is 23.2 Å². The van der Waals surface area contributed by atoms with Crippen LogP contribution in [0.4, 0.5) is 4.79 Å². The number of halogens is 2. The van der Waals surface area contributed by atoms with Gasteiger partial charge in [-0.2, -0.15) is 0 Å². The average Bonchev–Trinajstić information content (AvgIpc) is 2.77. The van der Waals surface area contributed by atoms with Crippen molar-refractivity contribution >= 4 is 47.0 Å². The zero-order valence-electron chi connectivity index (χ0n) is 14.2. The van der Waals surface area contributed by atoms with Gasteiger partial charge in [-0.25, -0.2) is 4.79 Å². The Hall–Kier alpha value is -2.32. The molecule has 3 N–H and O–H groups in total. The molecule has 1 fully saturated rings. The second-order valence-electron chi connectivity index (χ2n) is 5.80. The van der Waals surface area contributed by atoms with Crippen LogP contribution in [0.15, 0.2) is 18.2 Å². The highest BCUT2D eigenvalue weighted by molar-refractivity contribution is 6.35. The SMILES string of the molecule is CCNC(=O)CNC(=O)CN1C(=O)N[C@](C)(c2ccc(Cl)cc2Cl)C1=O. The Morgan fingerprint density at radius 3 is 2.50 bits per heavy atom. The molecule has 0 bridgehead atoms. The number of imide groups is 1. The van der Waals surface area contributed by atoms with Gasteiger partial charge in [0.2, 0.25) is 11.8 Å². The van der Waals surface area contributed by atoms with Crippen LogP contribution in [-0.4, -0.2) is 48.3 Å². The Balaban J connectivity index is 2.10. The number of carbonyl (C=O) groups is 4. The van der Waals surface area contributed by atoms with E-state index >= 15 is 0 Å². The molecule has 1 aliphatic rings. The van der Waals surface area contributed by atoms with Gasteiger partial charge in [0.1, 0.15) is 12.1 Å². The summed E-state index contributed by atoms with van der Waals surface area (Å²) in [6.45, 7) is 2.92. The molecule has 140 valence electrons. The summed E-state index contributed by atoms with van der Waals surface area (Å²) in [6, 6.07) is 3.83. The van der Waals surface area contributed by atoms with Gasteiger partial charge >= 0.3 is 6.03 Å². The lowest BCUT2D eigenvalue weighted by atomic mass is 9.92. The summed E-state index contributed by atoms with van der Waals surface area (Å²) in [5.41, 5.74) is -1.05. The lowest BCUT2D eigenvalue weighted by molar-refractivity contribution is -0.135. The highest BCUT2D eigenvalue weighted by Gasteiger charge is 2.50. The first-order valence-corrected chi connectivity index (χ1v) is 8.57. The molecule has 2 rings (SSSR count). The van der Waals surface area contributed by atoms with Crippen LogP contribution in [0.25, 0.3) is 0 Å². The summed E-state index contributed by atoms with van der Waals surface area (Å²) in [7, 11) is 0. The van der Waals surface area contributed by atoms with Gasteiger partial charge in [-0.3, -0.25) is 19.3 Å². The zero-order valence-corrected chi connectivity index (χ0v) is 15.7. The molecule has 0 aliphatic carbocycles. The Bertz CT molecular complexity index is 771. The molecule has 0 radical (unpaired) electrons. The van der Waals surface area contributed by atoms with Crippen molar-refractivity contribution in [2.24, 2.45) is 0 Å². The average molecular weight is 401 g/mol. The van der Waals surface area contributed by atoms with Crippen LogP contribution in [0, 0.1) is 0 Å². The van der Waals surface area contributed by atoms with E-state index in [2.05, 4.69) is 16.0 Å². The van der Waals surface area contributed by atoms with Gasteiger partial charge in [-0.05, 0) is 26.0 Å². The second kappa shape index (κ2) is 7.92. The Morgan fingerprint density at radius 1 is 1.19 bits per heavy atom. The molecule has 26 heavy (non-hydrogen) atoms. The monoisotopic (exact) mass is 400 g/mol. The van der Waals surface area contributed by atoms with Crippen LogP contribution in [0.2, 0.25) is 10.0 Å². The third kappa shape index (κ3) is 4.08. The molecule has 0 saturated carbocycles. The third-order valence-electron chi connectivity index (χ3n) is 3.87. The number of hydrogen-bond acceptors (Lipinski definition) is 4. The largest absolute Gasteiger partial charge is 0.355 e. The number of nitrogens with one attached hydrogen (secondary N) is 3. The highest BCUT2D eigenvalue weighted by atomic mass is 35.5. The van der Waals surface area contributed by atoms with Crippen molar-refractivity contribution in [3.8, 4) is 0 Å². The molecule has 10 heteroatoms. The normalized spacial score (nSPS) is 19.3. The van der Waals surface area contributed by atoms with E-state index in [1.54, 1.807) is 19.1 Å². The van der Waals surface area contributed by atoms with Crippen molar-refractivity contribution in [3.63, 3.8) is 0 Å². The van der Waals surface area contributed by atoms with Gasteiger partial charge in [-0.15, -0.1) is 0 Å². The van der Waals surface area contributed by atoms with Crippen LogP contribution < -0.4 is 16.0 Å². The maximum Gasteiger partial charge on any atom is 0.325 e. The van der Waals surface area contributed by atoms with E-state index in [1.807, 2.05) is 0 Å². The van der Waals surface area contributed by atoms with Crippen LogP contribution in [0.5, 0.6) is 0 Å². The molecule has 1 atom stereocenters. The van der Waals surface area contributed by atoms with E-state index < -0.39 is 29.9 Å². The predicted molar refractivity (Wildman–Crippen MR) is 95.8 cm³/mol. The lowest BCUT2D eigenvalue weighted by Gasteiger charge is -2.23. The fourth-order valence-corrected chi connectivity index (χ4v) is 3.15. The number of urea groups is 1. The molecule has 0 spiro atoms. The molecule has 0 unspecified atom stereocenters. The topological polar surface area (TPSA) is 108 Å². The van der Waals surface area contributed by atoms with Gasteiger partial charge in [0.25, 0.3) is 5.91 Å². The summed E-state index contributed by atoms with van der Waals surface area (Å²) in [5, 5.41) is 8.03. The van der Waals surface area contributed by atoms with Crippen molar-refractivity contribution in [1.82, 2.24) is 20.9 Å². The van der Waals surface area contributed by atoms with Gasteiger partial charge < -0.3 is 16.0 Å². The van der Waals surface area contributed by atoms with E-state index in [0.29, 0.717) is 17.1 Å². The van der Waals surface area contributed by atoms with Gasteiger partial charge in [0.05, 0.1) is 6.54 Å². The first-order valence-electron chi connectivity index (χ1n) is 7.82. The van der Waals surface area contributed by atoms with Crippen LogP contribution in [0.3, 0.4) is 0 Å². The Kier molecular flexibility index (Phi) is 6.09. The van der Waals surface area contributed by atoms with E-state index in [0.717, 1.165) is 4.90 Å². The summed E-state index contributed by atoms with van der Waals surface area (Å²) in [6.07, 6.45) is 0. The number of hydrogen-bond donors (Lipinski definition) is 3. The fraction of sp³-hybridized carbons (Fsp3) is 0.375. The smallest absolute Gasteiger partial charge is 0.325 e. The maximum absolute atomic E-state index is 12.7. The van der Waals surface area contributed by atoms with Crippen LogP contribution in [-0.2, 0) is 19.9 Å². The van der Waals surface area contributed by atoms with E-state index in [-0.39, 0.29) is 17.5 Å². The van der Waals surface area contributed by atoms with Crippen molar-refractivity contribution in [3.05, 3.63) is 33.8 Å². The van der Waals surface area contributed by atoms with Gasteiger partial charge in [-0.1, -0.05) is 29.3 Å². The molecule has 1 aliphatic heterocycles. The predicted octanol–water partition coefficient (Wildman–Crippen LogP) is 1.01. The van der Waals surface area contributed by atoms with Gasteiger partial charge in [0, 0.05) is 22.2 Å². The summed E-state index contributed by atoms with van der Waals surface area (Å²) >= 11 is 12.0. The molecule has 1 heterocycles. The summed E-state index contributed by atoms with van der Waals surface area (Å²) in [4.78, 5) is 49.0. The number of nitrogens with zero attached hydrogens (tertiary/aromatic N) is 1. The quantitative estimate of drug-likeness (QED) is 0.619. The zero-order chi connectivity index (χ0) is 19.5. The molecule has 1 aromatic rings. The first-order chi connectivity index (χ1) is 12.2. The molecule has 0 aromatic heterocycles. The lowest BCUT2D eigenvalue weighted by Crippen LogP contribution is -2.45. The minimum atomic E-state index is -1.42. The van der Waals surface area contributed by atoms with E-state index in [4.69, 9.17) is 23.2 Å². The van der Waals surface area contributed by atoms with Crippen LogP contribution in [0.1, 0.15) is 19.4 Å². The minimum absolute atomic E-state index is 0.219. The van der Waals surface area contributed by atoms with Crippen molar-refractivity contribution in [2.45, 2.75) is 19.4 Å². The molecule has 8 nitrogen and oxygen atoms in total. The molecular formula is C16H18Cl2N4O4. The van der Waals surface area contributed by atoms with E-state index in [1.165, 1.54) is 13.0 Å². The molecule has 5 amide bonds. The fourth-order valence-electron chi connectivity index (χ4n) is 2.56. The number of amides is 5. The van der Waals surface area contributed by atoms with Crippen molar-refractivity contribution in [1.29, 1.82) is 0 Å². The Morgan fingerprint density at radius 2 is 1.88 bits per heavy atom. The highest BCUT2D eigenvalue weighted by Crippen LogP contribution is 2.34. The van der Waals surface area contributed by atoms with Crippen molar-refractivity contribution in [2.75, 3.05) is 19.6 Å². The second-order valence-corrected chi connectivity index (χ2v) is 6.64. The molecule has 1 aromatic carbocycles.